The molecular weight excluding hydrogens is 550 g/mol. The molecule has 1 aliphatic carbocycles. The van der Waals surface area contributed by atoms with Crippen molar-refractivity contribution in [2.75, 3.05) is 31.5 Å². The maximum Gasteiger partial charge on any atom is 0.321 e. The zero-order valence-electron chi connectivity index (χ0n) is 23.3. The van der Waals surface area contributed by atoms with Crippen molar-refractivity contribution in [2.24, 2.45) is 7.05 Å². The number of amides is 2. The fourth-order valence-electron chi connectivity index (χ4n) is 5.91. The molecule has 42 heavy (non-hydrogen) atoms. The van der Waals surface area contributed by atoms with E-state index in [0.29, 0.717) is 53.7 Å². The van der Waals surface area contributed by atoms with Gasteiger partial charge in [0.15, 0.2) is 0 Å². The smallest absolute Gasteiger partial charge is 0.321 e. The van der Waals surface area contributed by atoms with Gasteiger partial charge in [0, 0.05) is 50.1 Å². The number of nitrogens with zero attached hydrogens (tertiary/aromatic N) is 6. The number of urea groups is 1. The topological polar surface area (TPSA) is 110 Å². The van der Waals surface area contributed by atoms with Crippen LogP contribution in [0.4, 0.5) is 10.5 Å². The van der Waals surface area contributed by atoms with Gasteiger partial charge in [-0.15, -0.1) is 0 Å². The Morgan fingerprint density at radius 3 is 2.60 bits per heavy atom. The van der Waals surface area contributed by atoms with Crippen LogP contribution >= 0.6 is 11.6 Å². The Morgan fingerprint density at radius 2 is 1.90 bits per heavy atom. The average Bonchev–Trinajstić information content (AvgIpc) is 3.38. The van der Waals surface area contributed by atoms with Crippen molar-refractivity contribution in [3.05, 3.63) is 112 Å². The van der Waals surface area contributed by atoms with Crippen LogP contribution in [-0.4, -0.2) is 61.7 Å². The highest BCUT2D eigenvalue weighted by atomic mass is 35.5. The highest BCUT2D eigenvalue weighted by molar-refractivity contribution is 6.30. The number of aromatic nitrogens is 3. The number of piperazine rings is 1. The Labute approximate surface area is 249 Å². The Balaban J connectivity index is 1.32. The molecule has 6 rings (SSSR count). The van der Waals surface area contributed by atoms with Gasteiger partial charge >= 0.3 is 6.03 Å². The fraction of sp³-hybridized carbons (Fsp3) is 0.250. The van der Waals surface area contributed by atoms with Crippen LogP contribution in [0.2, 0.25) is 5.02 Å². The zero-order valence-corrected chi connectivity index (χ0v) is 24.1. The van der Waals surface area contributed by atoms with Crippen molar-refractivity contribution in [3.8, 4) is 6.07 Å². The van der Waals surface area contributed by atoms with Crippen LogP contribution in [0.3, 0.4) is 0 Å². The van der Waals surface area contributed by atoms with E-state index in [-0.39, 0.29) is 12.1 Å². The molecule has 2 aromatic heterocycles. The van der Waals surface area contributed by atoms with Gasteiger partial charge in [0.2, 0.25) is 0 Å². The number of fused-ring (bicyclic) bond motifs is 2. The molecule has 2 atom stereocenters. The number of aryl methyl sites for hydroxylation is 1. The quantitative estimate of drug-likeness (QED) is 0.350. The maximum atomic E-state index is 13.0. The molecule has 2 aromatic carbocycles. The minimum atomic E-state index is -1.37. The third kappa shape index (κ3) is 5.05. The molecule has 212 valence electrons. The van der Waals surface area contributed by atoms with Crippen LogP contribution in [0.15, 0.2) is 73.3 Å². The number of imidazole rings is 1. The molecule has 3 heterocycles. The second-order valence-electron chi connectivity index (χ2n) is 10.8. The summed E-state index contributed by atoms with van der Waals surface area (Å²) < 4.78 is 1.82. The minimum Gasteiger partial charge on any atom is -0.379 e. The van der Waals surface area contributed by atoms with Crippen LogP contribution in [0.25, 0.3) is 11.6 Å². The number of rotatable bonds is 4. The number of anilines is 1. The molecule has 1 aliphatic heterocycles. The second kappa shape index (κ2) is 11.1. The summed E-state index contributed by atoms with van der Waals surface area (Å²) in [5.74, 6) is 0. The third-order valence-electron chi connectivity index (χ3n) is 8.10. The Hall–Kier alpha value is -4.49. The van der Waals surface area contributed by atoms with Crippen LogP contribution in [0.5, 0.6) is 0 Å². The number of pyridine rings is 1. The predicted molar refractivity (Wildman–Crippen MR) is 162 cm³/mol. The van der Waals surface area contributed by atoms with E-state index in [1.54, 1.807) is 54.8 Å². The van der Waals surface area contributed by atoms with Crippen LogP contribution in [0, 0.1) is 11.3 Å². The van der Waals surface area contributed by atoms with E-state index < -0.39 is 5.60 Å². The molecule has 1 fully saturated rings. The number of carbonyl (C=O) groups is 1. The number of halogens is 1. The first-order valence-corrected chi connectivity index (χ1v) is 14.1. The first-order valence-electron chi connectivity index (χ1n) is 13.7. The van der Waals surface area contributed by atoms with Crippen molar-refractivity contribution < 1.29 is 9.90 Å². The van der Waals surface area contributed by atoms with Crippen molar-refractivity contribution >= 4 is 35.0 Å². The van der Waals surface area contributed by atoms with E-state index in [1.165, 1.54) is 0 Å². The normalized spacial score (nSPS) is 18.1. The van der Waals surface area contributed by atoms with Crippen LogP contribution < -0.4 is 5.32 Å². The van der Waals surface area contributed by atoms with E-state index in [9.17, 15) is 9.90 Å². The van der Waals surface area contributed by atoms with Gasteiger partial charge < -0.3 is 19.9 Å². The Morgan fingerprint density at radius 1 is 1.14 bits per heavy atom. The van der Waals surface area contributed by atoms with Gasteiger partial charge in [-0.2, -0.15) is 5.26 Å². The number of benzene rings is 2. The summed E-state index contributed by atoms with van der Waals surface area (Å²) in [5.41, 5.74) is 4.81. The van der Waals surface area contributed by atoms with Gasteiger partial charge in [-0.25, -0.2) is 9.78 Å². The molecule has 9 nitrogen and oxygen atoms in total. The zero-order chi connectivity index (χ0) is 29.4. The number of aliphatic hydroxyl groups is 1. The van der Waals surface area contributed by atoms with E-state index in [0.717, 1.165) is 22.4 Å². The van der Waals surface area contributed by atoms with Gasteiger partial charge in [-0.05, 0) is 77.7 Å². The molecule has 10 heteroatoms. The first-order chi connectivity index (χ1) is 20.3. The van der Waals surface area contributed by atoms with E-state index in [2.05, 4.69) is 21.3 Å². The van der Waals surface area contributed by atoms with Gasteiger partial charge in [-0.3, -0.25) is 9.88 Å². The maximum absolute atomic E-state index is 13.0. The number of carbonyl (C=O) groups excluding carboxylic acids is 1. The van der Waals surface area contributed by atoms with Crippen molar-refractivity contribution in [3.63, 3.8) is 0 Å². The third-order valence-corrected chi connectivity index (χ3v) is 8.34. The first kappa shape index (κ1) is 27.7. The largest absolute Gasteiger partial charge is 0.379 e. The lowest BCUT2D eigenvalue weighted by molar-refractivity contribution is 0.114. The van der Waals surface area contributed by atoms with Crippen LogP contribution in [0.1, 0.15) is 46.6 Å². The molecule has 1 unspecified atom stereocenters. The molecule has 0 spiro atoms. The van der Waals surface area contributed by atoms with Gasteiger partial charge in [0.25, 0.3) is 0 Å². The molecular formula is C32H30ClN7O2. The lowest BCUT2D eigenvalue weighted by Crippen LogP contribution is -2.51. The monoisotopic (exact) mass is 579 g/mol. The molecule has 0 radical (unpaired) electrons. The Kier molecular flexibility index (Phi) is 7.29. The summed E-state index contributed by atoms with van der Waals surface area (Å²) in [4.78, 5) is 26.3. The van der Waals surface area contributed by atoms with Gasteiger partial charge in [0.1, 0.15) is 5.60 Å². The van der Waals surface area contributed by atoms with E-state index in [4.69, 9.17) is 21.8 Å². The molecule has 4 aromatic rings. The second-order valence-corrected chi connectivity index (χ2v) is 11.2. The summed E-state index contributed by atoms with van der Waals surface area (Å²) in [6, 6.07) is 18.2. The summed E-state index contributed by atoms with van der Waals surface area (Å²) in [5, 5.41) is 24.6. The summed E-state index contributed by atoms with van der Waals surface area (Å²) in [7, 11) is 1.86. The molecule has 2 aliphatic rings. The fourth-order valence-corrected chi connectivity index (χ4v) is 6.08. The summed E-state index contributed by atoms with van der Waals surface area (Å²) in [6.07, 6.45) is 7.15. The Bertz CT molecular complexity index is 1710. The standard InChI is InChI=1S/C32H30ClN7O2/c1-32(42,28-19-35-20-38(28)2)27-16-22-4-3-11-36-29(22)30(25-10-7-23(33)17-26(25)27)39-12-14-40(15-13-39)31(41)37-24-8-5-21(18-34)6-9-24/h3-11,16-17,19-20,30,42H,12-15H2,1-2H3,(H,37,41)/t30-,32?/m0/s1. The van der Waals surface area contributed by atoms with Crippen molar-refractivity contribution in [2.45, 2.75) is 18.6 Å². The lowest BCUT2D eigenvalue weighted by Gasteiger charge is -2.40. The molecule has 0 bridgehead atoms. The van der Waals surface area contributed by atoms with Gasteiger partial charge in [0.05, 0.1) is 41.6 Å². The summed E-state index contributed by atoms with van der Waals surface area (Å²) >= 11 is 6.56. The van der Waals surface area contributed by atoms with E-state index in [1.807, 2.05) is 48.0 Å². The SMILES string of the molecule is Cn1cncc1C(C)(O)C1=Cc2cccnc2[C@@H](N2CCN(C(=O)Nc3ccc(C#N)cc3)CC2)c2ccc(Cl)cc21. The molecule has 2 N–H and O–H groups in total. The molecule has 0 saturated carbocycles. The summed E-state index contributed by atoms with van der Waals surface area (Å²) in [6.45, 7) is 4.07. The lowest BCUT2D eigenvalue weighted by atomic mass is 9.84. The van der Waals surface area contributed by atoms with E-state index >= 15 is 0 Å². The van der Waals surface area contributed by atoms with Crippen molar-refractivity contribution in [1.82, 2.24) is 24.3 Å². The van der Waals surface area contributed by atoms with Crippen LogP contribution in [-0.2, 0) is 12.6 Å². The van der Waals surface area contributed by atoms with Crippen molar-refractivity contribution in [1.29, 1.82) is 5.26 Å². The predicted octanol–water partition coefficient (Wildman–Crippen LogP) is 5.04. The van der Waals surface area contributed by atoms with Gasteiger partial charge in [-0.1, -0.05) is 23.7 Å². The molecule has 1 saturated heterocycles. The highest BCUT2D eigenvalue weighted by Crippen LogP contribution is 2.46. The number of hydrogen-bond acceptors (Lipinski definition) is 6. The average molecular weight is 580 g/mol. The number of nitriles is 1. The number of nitrogens with one attached hydrogen (secondary N) is 1. The number of hydrogen-bond donors (Lipinski definition) is 2. The minimum absolute atomic E-state index is 0.179. The highest BCUT2D eigenvalue weighted by Gasteiger charge is 2.39. The molecule has 2 amide bonds.